The van der Waals surface area contributed by atoms with Gasteiger partial charge < -0.3 is 0 Å². The summed E-state index contributed by atoms with van der Waals surface area (Å²) in [6.07, 6.45) is 3.56. The summed E-state index contributed by atoms with van der Waals surface area (Å²) in [5.41, 5.74) is 4.32. The Hall–Kier alpha value is -2.46. The molecule has 0 spiro atoms. The zero-order valence-electron chi connectivity index (χ0n) is 10.8. The average Bonchev–Trinajstić information content (AvgIpc) is 3.14. The molecule has 0 fully saturated rings. The number of hydrogen-bond acceptors (Lipinski definition) is 3. The summed E-state index contributed by atoms with van der Waals surface area (Å²) in [7, 11) is 0. The lowest BCUT2D eigenvalue weighted by Crippen LogP contribution is -1.74. The first-order valence-electron chi connectivity index (χ1n) is 6.27. The van der Waals surface area contributed by atoms with E-state index in [1.165, 1.54) is 22.5 Å². The number of fused-ring (bicyclic) bond motifs is 1. The van der Waals surface area contributed by atoms with Gasteiger partial charge in [-0.15, -0.1) is 0 Å². The molecule has 0 radical (unpaired) electrons. The molecular formula is C16H13N3S. The number of rotatable bonds is 1. The van der Waals surface area contributed by atoms with E-state index in [0.29, 0.717) is 0 Å². The van der Waals surface area contributed by atoms with Crippen LogP contribution in [-0.2, 0) is 0 Å². The molecule has 0 bridgehead atoms. The summed E-state index contributed by atoms with van der Waals surface area (Å²) >= 11 is 1.53. The van der Waals surface area contributed by atoms with Crippen LogP contribution in [0.1, 0.15) is 0 Å². The molecule has 2 heterocycles. The Bertz CT molecular complexity index is 671. The average molecular weight is 279 g/mol. The van der Waals surface area contributed by atoms with Gasteiger partial charge in [0.1, 0.15) is 5.51 Å². The van der Waals surface area contributed by atoms with Crippen LogP contribution in [0.3, 0.4) is 0 Å². The van der Waals surface area contributed by atoms with Crippen LogP contribution in [0.2, 0.25) is 0 Å². The third-order valence-electron chi connectivity index (χ3n) is 2.80. The topological polar surface area (TPSA) is 30.2 Å². The largest absolute Gasteiger partial charge is 0.226 e. The first-order chi connectivity index (χ1) is 9.93. The Kier molecular flexibility index (Phi) is 3.85. The summed E-state index contributed by atoms with van der Waals surface area (Å²) in [6.45, 7) is 0. The van der Waals surface area contributed by atoms with E-state index in [4.69, 9.17) is 0 Å². The third kappa shape index (κ3) is 2.92. The molecule has 4 heteroatoms. The van der Waals surface area contributed by atoms with Gasteiger partial charge in [-0.2, -0.15) is 5.10 Å². The number of hydrogen-bond donors (Lipinski definition) is 0. The van der Waals surface area contributed by atoms with Crippen molar-refractivity contribution in [3.05, 3.63) is 78.6 Å². The molecule has 3 nitrogen and oxygen atoms in total. The van der Waals surface area contributed by atoms with Crippen LogP contribution in [0.4, 0.5) is 0 Å². The van der Waals surface area contributed by atoms with Crippen molar-refractivity contribution in [2.24, 2.45) is 0 Å². The second-order valence-corrected chi connectivity index (χ2v) is 4.94. The molecule has 2 aromatic heterocycles. The highest BCUT2D eigenvalue weighted by molar-refractivity contribution is 7.14. The van der Waals surface area contributed by atoms with Crippen LogP contribution in [-0.4, -0.2) is 14.6 Å². The third-order valence-corrected chi connectivity index (χ3v) is 3.50. The molecule has 0 aliphatic carbocycles. The number of aromatic nitrogens is 3. The van der Waals surface area contributed by atoms with Gasteiger partial charge in [0, 0.05) is 6.20 Å². The standard InChI is InChI=1S/C12H10.C4H3N3S/c1-3-7-11(8-4-1)12-9-5-2-6-10-12;1-2-7-4(5-1)8-3-6-7/h1-10H;1-3H. The van der Waals surface area contributed by atoms with Crippen molar-refractivity contribution in [1.82, 2.24) is 14.6 Å². The number of imidazole rings is 1. The van der Waals surface area contributed by atoms with Gasteiger partial charge in [0.05, 0.1) is 6.20 Å². The van der Waals surface area contributed by atoms with Gasteiger partial charge in [-0.05, 0) is 11.1 Å². The van der Waals surface area contributed by atoms with Gasteiger partial charge in [0.15, 0.2) is 0 Å². The smallest absolute Gasteiger partial charge is 0.211 e. The maximum absolute atomic E-state index is 4.00. The Morgan fingerprint density at radius 3 is 1.95 bits per heavy atom. The molecule has 4 aromatic rings. The summed E-state index contributed by atoms with van der Waals surface area (Å²) in [5, 5.41) is 3.95. The SMILES string of the molecule is c1ccc(-c2ccccc2)cc1.c1cn2ncsc2n1. The van der Waals surface area contributed by atoms with Crippen molar-refractivity contribution in [3.8, 4) is 11.1 Å². The van der Waals surface area contributed by atoms with Gasteiger partial charge in [-0.1, -0.05) is 72.0 Å². The maximum Gasteiger partial charge on any atom is 0.211 e. The molecule has 98 valence electrons. The van der Waals surface area contributed by atoms with Crippen LogP contribution >= 0.6 is 11.3 Å². The second-order valence-electron chi connectivity index (χ2n) is 4.13. The first kappa shape index (κ1) is 12.6. The van der Waals surface area contributed by atoms with E-state index >= 15 is 0 Å². The summed E-state index contributed by atoms with van der Waals surface area (Å²) in [5.74, 6) is 0. The van der Waals surface area contributed by atoms with Crippen molar-refractivity contribution in [2.45, 2.75) is 0 Å². The molecule has 0 aliphatic heterocycles. The van der Waals surface area contributed by atoms with Crippen LogP contribution in [0.5, 0.6) is 0 Å². The predicted octanol–water partition coefficient (Wildman–Crippen LogP) is 4.14. The minimum absolute atomic E-state index is 0.949. The van der Waals surface area contributed by atoms with Gasteiger partial charge in [-0.3, -0.25) is 0 Å². The molecule has 0 aliphatic rings. The molecule has 0 amide bonds. The summed E-state index contributed by atoms with van der Waals surface area (Å²) in [4.78, 5) is 4.95. The highest BCUT2D eigenvalue weighted by atomic mass is 32.1. The van der Waals surface area contributed by atoms with E-state index in [1.54, 1.807) is 16.2 Å². The zero-order chi connectivity index (χ0) is 13.6. The van der Waals surface area contributed by atoms with Gasteiger partial charge in [0.25, 0.3) is 0 Å². The molecule has 0 N–H and O–H groups in total. The fourth-order valence-corrected chi connectivity index (χ4v) is 2.42. The Labute approximate surface area is 121 Å². The molecule has 4 rings (SSSR count). The van der Waals surface area contributed by atoms with E-state index in [1.807, 2.05) is 18.3 Å². The van der Waals surface area contributed by atoms with Gasteiger partial charge in [-0.25, -0.2) is 9.50 Å². The summed E-state index contributed by atoms with van der Waals surface area (Å²) < 4.78 is 1.74. The lowest BCUT2D eigenvalue weighted by molar-refractivity contribution is 0.974. The van der Waals surface area contributed by atoms with E-state index in [-0.39, 0.29) is 0 Å². The molecular weight excluding hydrogens is 266 g/mol. The molecule has 0 unspecified atom stereocenters. The zero-order valence-corrected chi connectivity index (χ0v) is 11.6. The van der Waals surface area contributed by atoms with Crippen LogP contribution in [0.25, 0.3) is 16.1 Å². The lowest BCUT2D eigenvalue weighted by atomic mass is 10.1. The minimum Gasteiger partial charge on any atom is -0.226 e. The second kappa shape index (κ2) is 6.12. The van der Waals surface area contributed by atoms with Gasteiger partial charge in [0.2, 0.25) is 4.96 Å². The van der Waals surface area contributed by atoms with Crippen molar-refractivity contribution in [1.29, 1.82) is 0 Å². The highest BCUT2D eigenvalue weighted by Crippen LogP contribution is 2.17. The quantitative estimate of drug-likeness (QED) is 0.524. The van der Waals surface area contributed by atoms with Crippen LogP contribution in [0, 0.1) is 0 Å². The Morgan fingerprint density at radius 2 is 1.40 bits per heavy atom. The molecule has 20 heavy (non-hydrogen) atoms. The normalized spacial score (nSPS) is 10.0. The fourth-order valence-electron chi connectivity index (χ4n) is 1.84. The van der Waals surface area contributed by atoms with Crippen molar-refractivity contribution < 1.29 is 0 Å². The van der Waals surface area contributed by atoms with Gasteiger partial charge >= 0.3 is 0 Å². The summed E-state index contributed by atoms with van der Waals surface area (Å²) in [6, 6.07) is 20.8. The Morgan fingerprint density at radius 1 is 0.800 bits per heavy atom. The van der Waals surface area contributed by atoms with Crippen molar-refractivity contribution in [3.63, 3.8) is 0 Å². The monoisotopic (exact) mass is 279 g/mol. The first-order valence-corrected chi connectivity index (χ1v) is 7.15. The lowest BCUT2D eigenvalue weighted by Gasteiger charge is -1.98. The molecule has 2 aromatic carbocycles. The fraction of sp³-hybridized carbons (Fsp3) is 0. The van der Waals surface area contributed by atoms with Crippen molar-refractivity contribution >= 4 is 16.3 Å². The maximum atomic E-state index is 4.00. The highest BCUT2D eigenvalue weighted by Gasteiger charge is 1.92. The molecule has 0 atom stereocenters. The number of nitrogens with zero attached hydrogens (tertiary/aromatic N) is 3. The van der Waals surface area contributed by atoms with E-state index in [2.05, 4.69) is 58.6 Å². The van der Waals surface area contributed by atoms with E-state index in [0.717, 1.165) is 4.96 Å². The van der Waals surface area contributed by atoms with E-state index in [9.17, 15) is 0 Å². The predicted molar refractivity (Wildman–Crippen MR) is 82.7 cm³/mol. The van der Waals surface area contributed by atoms with Crippen LogP contribution < -0.4 is 0 Å². The van der Waals surface area contributed by atoms with E-state index < -0.39 is 0 Å². The van der Waals surface area contributed by atoms with Crippen LogP contribution in [0.15, 0.2) is 78.6 Å². The molecule has 0 saturated carbocycles. The minimum atomic E-state index is 0.949. The van der Waals surface area contributed by atoms with Crippen molar-refractivity contribution in [2.75, 3.05) is 0 Å². The molecule has 0 saturated heterocycles. The number of benzene rings is 2. The Balaban J connectivity index is 0.000000131.